The second-order valence-corrected chi connectivity index (χ2v) is 4.41. The van der Waals surface area contributed by atoms with Crippen LogP contribution in [0.25, 0.3) is 0 Å². The Labute approximate surface area is 111 Å². The van der Waals surface area contributed by atoms with Crippen LogP contribution in [0.3, 0.4) is 0 Å². The molecule has 88 valence electrons. The minimum atomic E-state index is -0.380. The van der Waals surface area contributed by atoms with Crippen LogP contribution in [0, 0.1) is 0 Å². The number of hydrogen-bond donors (Lipinski definition) is 2. The number of rotatable bonds is 2. The third kappa shape index (κ3) is 3.51. The first-order chi connectivity index (χ1) is 8.13. The van der Waals surface area contributed by atoms with Crippen molar-refractivity contribution in [1.82, 2.24) is 0 Å². The van der Waals surface area contributed by atoms with Gasteiger partial charge in [0.1, 0.15) is 0 Å². The Balaban J connectivity index is 1.95. The molecule has 0 bridgehead atoms. The Hall–Kier alpha value is -1.46. The summed E-state index contributed by atoms with van der Waals surface area (Å²) in [5, 5.41) is 5.81. The molecule has 6 heteroatoms. The molecule has 0 radical (unpaired) electrons. The third-order valence-corrected chi connectivity index (χ3v) is 2.59. The van der Waals surface area contributed by atoms with Crippen LogP contribution < -0.4 is 10.6 Å². The molecule has 0 fully saturated rings. The summed E-state index contributed by atoms with van der Waals surface area (Å²) in [7, 11) is 0. The highest BCUT2D eigenvalue weighted by molar-refractivity contribution is 9.10. The quantitative estimate of drug-likeness (QED) is 0.866. The molecule has 1 aromatic carbocycles. The predicted octanol–water partition coefficient (Wildman–Crippen LogP) is 4.34. The van der Waals surface area contributed by atoms with Gasteiger partial charge in [0, 0.05) is 16.8 Å². The average Bonchev–Trinajstić information content (AvgIpc) is 2.67. The smallest absolute Gasteiger partial charge is 0.326 e. The standard InChI is InChI=1S/C11H8BrClN2O2/c12-9-5-6-10(17-9)15-11(16)14-8-3-1-7(13)2-4-8/h1-6H,(H2,14,15,16). The summed E-state index contributed by atoms with van der Waals surface area (Å²) in [6.07, 6.45) is 0. The number of benzene rings is 1. The Bertz CT molecular complexity index is 525. The van der Waals surface area contributed by atoms with Gasteiger partial charge in [0.15, 0.2) is 4.67 Å². The van der Waals surface area contributed by atoms with Crippen molar-refractivity contribution in [2.75, 3.05) is 10.6 Å². The summed E-state index contributed by atoms with van der Waals surface area (Å²) < 4.78 is 5.69. The Morgan fingerprint density at radius 1 is 1.12 bits per heavy atom. The molecular weight excluding hydrogens is 307 g/mol. The van der Waals surface area contributed by atoms with E-state index in [0.717, 1.165) is 0 Å². The van der Waals surface area contributed by atoms with E-state index in [-0.39, 0.29) is 6.03 Å². The summed E-state index contributed by atoms with van der Waals surface area (Å²) in [6, 6.07) is 9.76. The van der Waals surface area contributed by atoms with Gasteiger partial charge in [-0.25, -0.2) is 4.79 Å². The van der Waals surface area contributed by atoms with Crippen molar-refractivity contribution in [3.05, 3.63) is 46.1 Å². The monoisotopic (exact) mass is 314 g/mol. The lowest BCUT2D eigenvalue weighted by molar-refractivity contribution is 0.261. The van der Waals surface area contributed by atoms with Gasteiger partial charge in [-0.15, -0.1) is 0 Å². The van der Waals surface area contributed by atoms with Crippen LogP contribution in [0.15, 0.2) is 45.5 Å². The summed E-state index contributed by atoms with van der Waals surface area (Å²) in [5.41, 5.74) is 0.650. The largest absolute Gasteiger partial charge is 0.434 e. The molecule has 0 spiro atoms. The lowest BCUT2D eigenvalue weighted by Gasteiger charge is -2.05. The van der Waals surface area contributed by atoms with E-state index in [1.165, 1.54) is 0 Å². The molecule has 17 heavy (non-hydrogen) atoms. The van der Waals surface area contributed by atoms with Crippen molar-refractivity contribution in [1.29, 1.82) is 0 Å². The van der Waals surface area contributed by atoms with E-state index in [1.807, 2.05) is 0 Å². The fourth-order valence-electron chi connectivity index (χ4n) is 1.19. The van der Waals surface area contributed by atoms with Crippen molar-refractivity contribution in [3.63, 3.8) is 0 Å². The maximum Gasteiger partial charge on any atom is 0.326 e. The molecule has 0 saturated carbocycles. The van der Waals surface area contributed by atoms with Gasteiger partial charge in [-0.3, -0.25) is 5.32 Å². The third-order valence-electron chi connectivity index (χ3n) is 1.91. The molecule has 0 atom stereocenters. The van der Waals surface area contributed by atoms with Crippen molar-refractivity contribution in [2.45, 2.75) is 0 Å². The van der Waals surface area contributed by atoms with E-state index in [1.54, 1.807) is 36.4 Å². The number of urea groups is 1. The maximum atomic E-state index is 11.5. The lowest BCUT2D eigenvalue weighted by Crippen LogP contribution is -2.18. The first kappa shape index (κ1) is 12.0. The molecule has 0 aliphatic heterocycles. The number of carbonyl (C=O) groups is 1. The molecule has 2 N–H and O–H groups in total. The van der Waals surface area contributed by atoms with Gasteiger partial charge >= 0.3 is 6.03 Å². The molecule has 0 saturated heterocycles. The Kier molecular flexibility index (Phi) is 3.71. The summed E-state index contributed by atoms with van der Waals surface area (Å²) >= 11 is 8.88. The zero-order valence-electron chi connectivity index (χ0n) is 8.54. The van der Waals surface area contributed by atoms with Gasteiger partial charge in [-0.05, 0) is 46.3 Å². The minimum Gasteiger partial charge on any atom is -0.434 e. The highest BCUT2D eigenvalue weighted by Crippen LogP contribution is 2.19. The van der Waals surface area contributed by atoms with Crippen molar-refractivity contribution < 1.29 is 9.21 Å². The van der Waals surface area contributed by atoms with E-state index in [2.05, 4.69) is 26.6 Å². The summed E-state index contributed by atoms with van der Waals surface area (Å²) in [5.74, 6) is 0.364. The van der Waals surface area contributed by atoms with Crippen molar-refractivity contribution >= 4 is 45.1 Å². The lowest BCUT2D eigenvalue weighted by atomic mass is 10.3. The van der Waals surface area contributed by atoms with Gasteiger partial charge in [0.25, 0.3) is 0 Å². The number of furan rings is 1. The van der Waals surface area contributed by atoms with Crippen LogP contribution in [0.4, 0.5) is 16.4 Å². The normalized spacial score (nSPS) is 10.0. The maximum absolute atomic E-state index is 11.5. The van der Waals surface area contributed by atoms with Crippen LogP contribution in [-0.4, -0.2) is 6.03 Å². The molecule has 2 amide bonds. The first-order valence-electron chi connectivity index (χ1n) is 4.72. The molecule has 2 rings (SSSR count). The average molecular weight is 316 g/mol. The Morgan fingerprint density at radius 2 is 1.82 bits per heavy atom. The highest BCUT2D eigenvalue weighted by Gasteiger charge is 2.05. The zero-order valence-corrected chi connectivity index (χ0v) is 10.9. The van der Waals surface area contributed by atoms with Gasteiger partial charge < -0.3 is 9.73 Å². The van der Waals surface area contributed by atoms with E-state index in [0.29, 0.717) is 21.3 Å². The fourth-order valence-corrected chi connectivity index (χ4v) is 1.62. The zero-order chi connectivity index (χ0) is 12.3. The molecule has 1 aromatic heterocycles. The van der Waals surface area contributed by atoms with Crippen LogP contribution in [0.2, 0.25) is 5.02 Å². The number of anilines is 2. The minimum absolute atomic E-state index is 0.364. The highest BCUT2D eigenvalue weighted by atomic mass is 79.9. The van der Waals surface area contributed by atoms with Gasteiger partial charge in [-0.1, -0.05) is 11.6 Å². The van der Waals surface area contributed by atoms with Crippen LogP contribution >= 0.6 is 27.5 Å². The molecular formula is C11H8BrClN2O2. The molecule has 0 aliphatic carbocycles. The molecule has 4 nitrogen and oxygen atoms in total. The topological polar surface area (TPSA) is 54.3 Å². The molecule has 1 heterocycles. The van der Waals surface area contributed by atoms with Gasteiger partial charge in [0.2, 0.25) is 5.88 Å². The van der Waals surface area contributed by atoms with E-state index in [4.69, 9.17) is 16.0 Å². The second-order valence-electron chi connectivity index (χ2n) is 3.19. The summed E-state index contributed by atoms with van der Waals surface area (Å²) in [4.78, 5) is 11.5. The fraction of sp³-hybridized carbons (Fsp3) is 0. The second kappa shape index (κ2) is 5.25. The van der Waals surface area contributed by atoms with Gasteiger partial charge in [-0.2, -0.15) is 0 Å². The van der Waals surface area contributed by atoms with Crippen molar-refractivity contribution in [2.24, 2.45) is 0 Å². The number of carbonyl (C=O) groups excluding carboxylic acids is 1. The number of amides is 2. The number of halogens is 2. The van der Waals surface area contributed by atoms with Crippen LogP contribution in [-0.2, 0) is 0 Å². The van der Waals surface area contributed by atoms with Gasteiger partial charge in [0.05, 0.1) is 0 Å². The van der Waals surface area contributed by atoms with E-state index in [9.17, 15) is 4.79 Å². The van der Waals surface area contributed by atoms with Crippen LogP contribution in [0.1, 0.15) is 0 Å². The predicted molar refractivity (Wildman–Crippen MR) is 70.5 cm³/mol. The van der Waals surface area contributed by atoms with E-state index < -0.39 is 0 Å². The SMILES string of the molecule is O=C(Nc1ccc(Cl)cc1)Nc1ccc(Br)o1. The molecule has 0 aliphatic rings. The number of nitrogens with one attached hydrogen (secondary N) is 2. The first-order valence-corrected chi connectivity index (χ1v) is 5.89. The van der Waals surface area contributed by atoms with Crippen molar-refractivity contribution in [3.8, 4) is 0 Å². The Morgan fingerprint density at radius 3 is 2.41 bits per heavy atom. The molecule has 0 unspecified atom stereocenters. The van der Waals surface area contributed by atoms with Crippen LogP contribution in [0.5, 0.6) is 0 Å². The van der Waals surface area contributed by atoms with E-state index >= 15 is 0 Å². The summed E-state index contributed by atoms with van der Waals surface area (Å²) in [6.45, 7) is 0. The number of hydrogen-bond acceptors (Lipinski definition) is 2. The molecule has 2 aromatic rings.